The van der Waals surface area contributed by atoms with Crippen molar-refractivity contribution in [2.24, 2.45) is 0 Å². The summed E-state index contributed by atoms with van der Waals surface area (Å²) in [6.07, 6.45) is 3.26. The number of benzene rings is 2. The number of anilines is 2. The number of ether oxygens (including phenoxy) is 1. The molecule has 1 N–H and O–H groups in total. The number of nitro groups is 1. The number of hydrogen-bond donors (Lipinski definition) is 1. The minimum Gasteiger partial charge on any atom is -0.452 e. The van der Waals surface area contributed by atoms with Crippen molar-refractivity contribution in [3.8, 4) is 0 Å². The maximum absolute atomic E-state index is 13.2. The summed E-state index contributed by atoms with van der Waals surface area (Å²) in [7, 11) is -3.90. The van der Waals surface area contributed by atoms with Gasteiger partial charge in [-0.3, -0.25) is 24.6 Å². The summed E-state index contributed by atoms with van der Waals surface area (Å²) in [5.41, 5.74) is -1.16. The molecule has 1 fully saturated rings. The molecule has 34 heavy (non-hydrogen) atoms. The van der Waals surface area contributed by atoms with Gasteiger partial charge in [0.1, 0.15) is 10.4 Å². The molecule has 0 aromatic heterocycles. The van der Waals surface area contributed by atoms with Gasteiger partial charge in [0.25, 0.3) is 17.5 Å². The van der Waals surface area contributed by atoms with E-state index in [0.717, 1.165) is 37.3 Å². The molecule has 2 amide bonds. The number of carbonyl (C=O) groups is 3. The second kappa shape index (κ2) is 8.52. The maximum atomic E-state index is 13.2. The molecule has 2 aromatic carbocycles. The maximum Gasteiger partial charge on any atom is 0.338 e. The van der Waals surface area contributed by atoms with Gasteiger partial charge in [-0.2, -0.15) is 0 Å². The van der Waals surface area contributed by atoms with Gasteiger partial charge in [-0.15, -0.1) is 0 Å². The highest BCUT2D eigenvalue weighted by molar-refractivity contribution is 7.90. The predicted octanol–water partition coefficient (Wildman–Crippen LogP) is 2.45. The average molecular weight is 487 g/mol. The van der Waals surface area contributed by atoms with Crippen LogP contribution in [-0.4, -0.2) is 49.5 Å². The third kappa shape index (κ3) is 4.00. The first-order chi connectivity index (χ1) is 16.0. The van der Waals surface area contributed by atoms with Crippen molar-refractivity contribution in [1.29, 1.82) is 0 Å². The summed E-state index contributed by atoms with van der Waals surface area (Å²) in [6.45, 7) is -0.705. The van der Waals surface area contributed by atoms with Crippen LogP contribution in [0, 0.1) is 10.1 Å². The number of rotatable bonds is 5. The standard InChI is InChI=1S/C22H21N3O8S/c1-34(31,32)18-9-8-14(12-17(18)25(29)30)20(27)33-13-19(26)24-16-7-3-2-6-15(16)23-21(28)22(24)10-4-5-11-22/h2-3,6-9,12H,4-5,10-11,13H2,1H3,(H,23,28). The summed E-state index contributed by atoms with van der Waals surface area (Å²) in [4.78, 5) is 50.0. The third-order valence-electron chi connectivity index (χ3n) is 6.04. The fourth-order valence-electron chi connectivity index (χ4n) is 4.50. The first-order valence-electron chi connectivity index (χ1n) is 10.4. The minimum atomic E-state index is -3.90. The molecule has 0 atom stereocenters. The van der Waals surface area contributed by atoms with Crippen LogP contribution in [0.4, 0.5) is 17.1 Å². The highest BCUT2D eigenvalue weighted by Gasteiger charge is 2.52. The largest absolute Gasteiger partial charge is 0.452 e. The normalized spacial score (nSPS) is 16.6. The van der Waals surface area contributed by atoms with E-state index in [1.165, 1.54) is 4.90 Å². The van der Waals surface area contributed by atoms with Crippen LogP contribution < -0.4 is 10.2 Å². The molecular formula is C22H21N3O8S. The Labute approximate surface area is 194 Å². The zero-order valence-corrected chi connectivity index (χ0v) is 19.0. The van der Waals surface area contributed by atoms with E-state index in [1.54, 1.807) is 24.3 Å². The zero-order chi connectivity index (χ0) is 24.7. The van der Waals surface area contributed by atoms with E-state index in [-0.39, 0.29) is 11.5 Å². The summed E-state index contributed by atoms with van der Waals surface area (Å²) in [5, 5.41) is 14.1. The lowest BCUT2D eigenvalue weighted by atomic mass is 9.90. The lowest BCUT2D eigenvalue weighted by Gasteiger charge is -2.44. The van der Waals surface area contributed by atoms with E-state index in [1.807, 2.05) is 0 Å². The van der Waals surface area contributed by atoms with Crippen molar-refractivity contribution in [2.45, 2.75) is 36.1 Å². The van der Waals surface area contributed by atoms with Crippen LogP contribution in [0.3, 0.4) is 0 Å². The van der Waals surface area contributed by atoms with Gasteiger partial charge >= 0.3 is 5.97 Å². The zero-order valence-electron chi connectivity index (χ0n) is 18.1. The third-order valence-corrected chi connectivity index (χ3v) is 7.19. The summed E-state index contributed by atoms with van der Waals surface area (Å²) in [6, 6.07) is 9.65. The Morgan fingerprint density at radius 3 is 2.50 bits per heavy atom. The molecule has 0 saturated heterocycles. The molecule has 1 heterocycles. The van der Waals surface area contributed by atoms with E-state index in [2.05, 4.69) is 5.32 Å². The average Bonchev–Trinajstić information content (AvgIpc) is 3.27. The Kier molecular flexibility index (Phi) is 5.86. The van der Waals surface area contributed by atoms with Gasteiger partial charge in [0.05, 0.1) is 21.9 Å². The molecule has 1 spiro atoms. The van der Waals surface area contributed by atoms with Crippen molar-refractivity contribution in [3.05, 3.63) is 58.1 Å². The molecule has 0 bridgehead atoms. The monoisotopic (exact) mass is 487 g/mol. The Bertz CT molecular complexity index is 1320. The number of para-hydroxylation sites is 2. The van der Waals surface area contributed by atoms with Gasteiger partial charge in [-0.25, -0.2) is 13.2 Å². The molecule has 2 aliphatic rings. The number of amides is 2. The number of nitro benzene ring substituents is 1. The highest BCUT2D eigenvalue weighted by atomic mass is 32.2. The molecule has 178 valence electrons. The molecule has 1 aliphatic carbocycles. The SMILES string of the molecule is CS(=O)(=O)c1ccc(C(=O)OCC(=O)N2c3ccccc3NC(=O)C23CCCC3)cc1[N+](=O)[O-]. The van der Waals surface area contributed by atoms with Crippen LogP contribution in [0.1, 0.15) is 36.0 Å². The molecule has 1 saturated carbocycles. The number of nitrogens with zero attached hydrogens (tertiary/aromatic N) is 2. The fraction of sp³-hybridized carbons (Fsp3) is 0.318. The minimum absolute atomic E-state index is 0.278. The smallest absolute Gasteiger partial charge is 0.338 e. The highest BCUT2D eigenvalue weighted by Crippen LogP contribution is 2.45. The second-order valence-corrected chi connectivity index (χ2v) is 10.2. The quantitative estimate of drug-likeness (QED) is 0.383. The molecule has 2 aromatic rings. The summed E-state index contributed by atoms with van der Waals surface area (Å²) in [5.74, 6) is -1.94. The van der Waals surface area contributed by atoms with Crippen molar-refractivity contribution in [3.63, 3.8) is 0 Å². The topological polar surface area (TPSA) is 153 Å². The Morgan fingerprint density at radius 2 is 1.85 bits per heavy atom. The Morgan fingerprint density at radius 1 is 1.18 bits per heavy atom. The lowest BCUT2D eigenvalue weighted by molar-refractivity contribution is -0.387. The number of esters is 1. The number of sulfone groups is 1. The van der Waals surface area contributed by atoms with Crippen LogP contribution in [0.2, 0.25) is 0 Å². The van der Waals surface area contributed by atoms with E-state index < -0.39 is 49.4 Å². The number of carbonyl (C=O) groups excluding carboxylic acids is 3. The van der Waals surface area contributed by atoms with Gasteiger partial charge < -0.3 is 10.1 Å². The van der Waals surface area contributed by atoms with Crippen molar-refractivity contribution >= 4 is 44.7 Å². The van der Waals surface area contributed by atoms with Gasteiger partial charge in [0.2, 0.25) is 0 Å². The lowest BCUT2D eigenvalue weighted by Crippen LogP contribution is -2.61. The van der Waals surface area contributed by atoms with Crippen LogP contribution in [-0.2, 0) is 24.2 Å². The van der Waals surface area contributed by atoms with E-state index >= 15 is 0 Å². The number of hydrogen-bond acceptors (Lipinski definition) is 8. The van der Waals surface area contributed by atoms with E-state index in [0.29, 0.717) is 24.2 Å². The van der Waals surface area contributed by atoms with Crippen molar-refractivity contribution in [2.75, 3.05) is 23.1 Å². The molecule has 12 heteroatoms. The molecule has 0 radical (unpaired) electrons. The first-order valence-corrected chi connectivity index (χ1v) is 12.3. The first kappa shape index (κ1) is 23.4. The van der Waals surface area contributed by atoms with Gasteiger partial charge in [-0.05, 0) is 37.1 Å². The van der Waals surface area contributed by atoms with Crippen LogP contribution in [0.25, 0.3) is 0 Å². The van der Waals surface area contributed by atoms with Crippen molar-refractivity contribution < 1.29 is 32.5 Å². The van der Waals surface area contributed by atoms with E-state index in [4.69, 9.17) is 4.74 Å². The number of fused-ring (bicyclic) bond motifs is 1. The summed E-state index contributed by atoms with van der Waals surface area (Å²) < 4.78 is 28.7. The predicted molar refractivity (Wildman–Crippen MR) is 120 cm³/mol. The molecule has 0 unspecified atom stereocenters. The molecule has 1 aliphatic heterocycles. The van der Waals surface area contributed by atoms with Crippen LogP contribution in [0.15, 0.2) is 47.4 Å². The van der Waals surface area contributed by atoms with Crippen LogP contribution in [0.5, 0.6) is 0 Å². The fourth-order valence-corrected chi connectivity index (χ4v) is 5.33. The van der Waals surface area contributed by atoms with Gasteiger partial charge in [-0.1, -0.05) is 25.0 Å². The Hall–Kier alpha value is -3.80. The van der Waals surface area contributed by atoms with Crippen LogP contribution >= 0.6 is 0 Å². The summed E-state index contributed by atoms with van der Waals surface area (Å²) >= 11 is 0. The van der Waals surface area contributed by atoms with Gasteiger partial charge in [0.15, 0.2) is 16.4 Å². The number of nitrogens with one attached hydrogen (secondary N) is 1. The van der Waals surface area contributed by atoms with E-state index in [9.17, 15) is 32.9 Å². The molecular weight excluding hydrogens is 466 g/mol. The second-order valence-electron chi connectivity index (χ2n) is 8.23. The Balaban J connectivity index is 1.59. The van der Waals surface area contributed by atoms with Gasteiger partial charge in [0, 0.05) is 12.3 Å². The van der Waals surface area contributed by atoms with Crippen molar-refractivity contribution in [1.82, 2.24) is 0 Å². The molecule has 4 rings (SSSR count). The molecule has 11 nitrogen and oxygen atoms in total.